The lowest BCUT2D eigenvalue weighted by Gasteiger charge is -2.07. The zero-order valence-electron chi connectivity index (χ0n) is 8.41. The van der Waals surface area contributed by atoms with Crippen LogP contribution >= 0.6 is 11.3 Å². The lowest BCUT2D eigenvalue weighted by atomic mass is 10.1. The first kappa shape index (κ1) is 9.94. The Morgan fingerprint density at radius 3 is 3.21 bits per heavy atom. The Balaban J connectivity index is 1.57. The van der Waals surface area contributed by atoms with Crippen LogP contribution in [0, 0.1) is 5.92 Å². The molecular weight excluding hydrogens is 190 g/mol. The monoisotopic (exact) mass is 207 g/mol. The molecule has 0 radical (unpaired) electrons. The second kappa shape index (κ2) is 5.32. The molecule has 0 saturated carbocycles. The average Bonchev–Trinajstić information content (AvgIpc) is 2.86. The van der Waals surface area contributed by atoms with Crippen LogP contribution in [0.15, 0.2) is 29.7 Å². The summed E-state index contributed by atoms with van der Waals surface area (Å²) < 4.78 is 0. The minimum Gasteiger partial charge on any atom is -0.312 e. The minimum absolute atomic E-state index is 0.839. The van der Waals surface area contributed by atoms with Crippen molar-refractivity contribution in [2.75, 3.05) is 6.54 Å². The standard InChI is InChI=1S/C12H17NS/c1-2-5-11(4-1)7-8-13-10-12-6-3-9-14-12/h1,3-4,6,9,11,13H,2,5,7-8,10H2. The molecule has 0 saturated heterocycles. The third-order valence-corrected chi connectivity index (χ3v) is 3.56. The number of allylic oxidation sites excluding steroid dienone is 2. The quantitative estimate of drug-likeness (QED) is 0.577. The predicted octanol–water partition coefficient (Wildman–Crippen LogP) is 3.19. The van der Waals surface area contributed by atoms with Crippen molar-refractivity contribution in [3.05, 3.63) is 34.5 Å². The van der Waals surface area contributed by atoms with Gasteiger partial charge in [-0.3, -0.25) is 0 Å². The molecule has 0 aliphatic heterocycles. The van der Waals surface area contributed by atoms with Crippen molar-refractivity contribution in [1.29, 1.82) is 0 Å². The molecule has 0 bridgehead atoms. The third kappa shape index (κ3) is 2.96. The van der Waals surface area contributed by atoms with Crippen LogP contribution in [0.4, 0.5) is 0 Å². The van der Waals surface area contributed by atoms with E-state index in [1.807, 2.05) is 11.3 Å². The van der Waals surface area contributed by atoms with Gasteiger partial charge in [0.1, 0.15) is 0 Å². The highest BCUT2D eigenvalue weighted by Gasteiger charge is 2.07. The van der Waals surface area contributed by atoms with E-state index < -0.39 is 0 Å². The summed E-state index contributed by atoms with van der Waals surface area (Å²) in [7, 11) is 0. The van der Waals surface area contributed by atoms with Crippen LogP contribution in [-0.4, -0.2) is 6.54 Å². The van der Waals surface area contributed by atoms with E-state index in [0.29, 0.717) is 0 Å². The lowest BCUT2D eigenvalue weighted by Crippen LogP contribution is -2.16. The zero-order valence-corrected chi connectivity index (χ0v) is 9.22. The van der Waals surface area contributed by atoms with Gasteiger partial charge in [0.15, 0.2) is 0 Å². The number of thiophene rings is 1. The van der Waals surface area contributed by atoms with E-state index in [-0.39, 0.29) is 0 Å². The van der Waals surface area contributed by atoms with Crippen LogP contribution in [0.1, 0.15) is 24.1 Å². The van der Waals surface area contributed by atoms with E-state index in [1.54, 1.807) is 0 Å². The fourth-order valence-electron chi connectivity index (χ4n) is 1.85. The van der Waals surface area contributed by atoms with Gasteiger partial charge in [0.25, 0.3) is 0 Å². The van der Waals surface area contributed by atoms with Crippen LogP contribution in [0.3, 0.4) is 0 Å². The summed E-state index contributed by atoms with van der Waals surface area (Å²) in [4.78, 5) is 1.44. The number of rotatable bonds is 5. The summed E-state index contributed by atoms with van der Waals surface area (Å²) in [6.07, 6.45) is 8.62. The first-order chi connectivity index (χ1) is 6.95. The van der Waals surface area contributed by atoms with Gasteiger partial charge in [-0.15, -0.1) is 11.3 Å². The number of hydrogen-bond acceptors (Lipinski definition) is 2. The second-order valence-corrected chi connectivity index (χ2v) is 4.84. The van der Waals surface area contributed by atoms with Gasteiger partial charge in [0.2, 0.25) is 0 Å². The average molecular weight is 207 g/mol. The molecule has 0 amide bonds. The summed E-state index contributed by atoms with van der Waals surface area (Å²) in [5.41, 5.74) is 0. The largest absolute Gasteiger partial charge is 0.312 e. The normalized spacial score (nSPS) is 20.4. The molecule has 76 valence electrons. The van der Waals surface area contributed by atoms with E-state index in [0.717, 1.165) is 19.0 Å². The molecule has 1 aromatic heterocycles. The molecule has 1 aliphatic rings. The maximum Gasteiger partial charge on any atom is 0.0299 e. The van der Waals surface area contributed by atoms with Crippen molar-refractivity contribution in [2.24, 2.45) is 5.92 Å². The molecule has 14 heavy (non-hydrogen) atoms. The minimum atomic E-state index is 0.839. The van der Waals surface area contributed by atoms with Gasteiger partial charge in [-0.25, -0.2) is 0 Å². The van der Waals surface area contributed by atoms with Crippen molar-refractivity contribution in [3.8, 4) is 0 Å². The first-order valence-electron chi connectivity index (χ1n) is 5.35. The highest BCUT2D eigenvalue weighted by Crippen LogP contribution is 2.19. The predicted molar refractivity (Wildman–Crippen MR) is 62.5 cm³/mol. The van der Waals surface area contributed by atoms with E-state index >= 15 is 0 Å². The smallest absolute Gasteiger partial charge is 0.0299 e. The van der Waals surface area contributed by atoms with E-state index in [4.69, 9.17) is 0 Å². The van der Waals surface area contributed by atoms with Gasteiger partial charge in [-0.1, -0.05) is 18.2 Å². The molecular formula is C12H17NS. The van der Waals surface area contributed by atoms with Crippen LogP contribution in [-0.2, 0) is 6.54 Å². The summed E-state index contributed by atoms with van der Waals surface area (Å²) in [5.74, 6) is 0.839. The van der Waals surface area contributed by atoms with Crippen molar-refractivity contribution < 1.29 is 0 Å². The van der Waals surface area contributed by atoms with Crippen LogP contribution in [0.25, 0.3) is 0 Å². The Hall–Kier alpha value is -0.600. The fraction of sp³-hybridized carbons (Fsp3) is 0.500. The van der Waals surface area contributed by atoms with Gasteiger partial charge in [0.05, 0.1) is 0 Å². The maximum absolute atomic E-state index is 3.49. The summed E-state index contributed by atoms with van der Waals surface area (Å²) >= 11 is 1.83. The highest BCUT2D eigenvalue weighted by atomic mass is 32.1. The molecule has 1 aliphatic carbocycles. The molecule has 1 unspecified atom stereocenters. The molecule has 0 aromatic carbocycles. The second-order valence-electron chi connectivity index (χ2n) is 3.81. The first-order valence-corrected chi connectivity index (χ1v) is 6.23. The van der Waals surface area contributed by atoms with Crippen molar-refractivity contribution in [3.63, 3.8) is 0 Å². The summed E-state index contributed by atoms with van der Waals surface area (Å²) in [5, 5.41) is 5.63. The summed E-state index contributed by atoms with van der Waals surface area (Å²) in [6.45, 7) is 2.18. The van der Waals surface area contributed by atoms with E-state index in [1.165, 1.54) is 24.1 Å². The van der Waals surface area contributed by atoms with Crippen molar-refractivity contribution in [1.82, 2.24) is 5.32 Å². The van der Waals surface area contributed by atoms with Gasteiger partial charge in [0, 0.05) is 11.4 Å². The Bertz CT molecular complexity index is 277. The Morgan fingerprint density at radius 1 is 1.50 bits per heavy atom. The Kier molecular flexibility index (Phi) is 3.78. The molecule has 2 rings (SSSR count). The Labute approximate surface area is 89.8 Å². The molecule has 0 spiro atoms. The third-order valence-electron chi connectivity index (χ3n) is 2.68. The van der Waals surface area contributed by atoms with Gasteiger partial charge in [-0.2, -0.15) is 0 Å². The van der Waals surface area contributed by atoms with Crippen molar-refractivity contribution in [2.45, 2.75) is 25.8 Å². The molecule has 1 nitrogen and oxygen atoms in total. The molecule has 0 fully saturated rings. The zero-order chi connectivity index (χ0) is 9.64. The van der Waals surface area contributed by atoms with Crippen LogP contribution in [0.5, 0.6) is 0 Å². The van der Waals surface area contributed by atoms with Crippen molar-refractivity contribution >= 4 is 11.3 Å². The van der Waals surface area contributed by atoms with Crippen LogP contribution < -0.4 is 5.32 Å². The van der Waals surface area contributed by atoms with Gasteiger partial charge in [-0.05, 0) is 43.2 Å². The van der Waals surface area contributed by atoms with E-state index in [2.05, 4.69) is 35.0 Å². The molecule has 1 aromatic rings. The van der Waals surface area contributed by atoms with Gasteiger partial charge < -0.3 is 5.32 Å². The molecule has 1 atom stereocenters. The van der Waals surface area contributed by atoms with E-state index in [9.17, 15) is 0 Å². The SMILES string of the molecule is C1=CC(CCNCc2cccs2)CC1. The number of hydrogen-bond donors (Lipinski definition) is 1. The Morgan fingerprint density at radius 2 is 2.50 bits per heavy atom. The fourth-order valence-corrected chi connectivity index (χ4v) is 2.52. The number of nitrogens with one attached hydrogen (secondary N) is 1. The molecule has 1 N–H and O–H groups in total. The van der Waals surface area contributed by atoms with Gasteiger partial charge >= 0.3 is 0 Å². The maximum atomic E-state index is 3.49. The highest BCUT2D eigenvalue weighted by molar-refractivity contribution is 7.09. The molecule has 1 heterocycles. The summed E-state index contributed by atoms with van der Waals surface area (Å²) in [6, 6.07) is 4.30. The topological polar surface area (TPSA) is 12.0 Å². The molecule has 2 heteroatoms. The lowest BCUT2D eigenvalue weighted by molar-refractivity contribution is 0.536. The van der Waals surface area contributed by atoms with Crippen LogP contribution in [0.2, 0.25) is 0 Å².